The first-order chi connectivity index (χ1) is 13.3. The lowest BCUT2D eigenvalue weighted by molar-refractivity contribution is -0.154. The van der Waals surface area contributed by atoms with Gasteiger partial charge in [0.25, 0.3) is 0 Å². The summed E-state index contributed by atoms with van der Waals surface area (Å²) in [6, 6.07) is 4.12. The molecule has 0 bridgehead atoms. The maximum absolute atomic E-state index is 12.3. The second kappa shape index (κ2) is 10.5. The molecule has 6 nitrogen and oxygen atoms in total. The fourth-order valence-electron chi connectivity index (χ4n) is 3.03. The number of likely N-dealkylation sites (tertiary alicyclic amines) is 1. The zero-order chi connectivity index (χ0) is 20.6. The van der Waals surface area contributed by atoms with Crippen LogP contribution in [-0.4, -0.2) is 60.3 Å². The fraction of sp³-hybridized carbons (Fsp3) is 0.684. The lowest BCUT2D eigenvalue weighted by Gasteiger charge is -2.35. The van der Waals surface area contributed by atoms with Crippen LogP contribution in [0, 0.1) is 0 Å². The number of nitrogens with zero attached hydrogens (tertiary/aromatic N) is 3. The van der Waals surface area contributed by atoms with E-state index in [1.807, 2.05) is 6.92 Å². The van der Waals surface area contributed by atoms with Crippen LogP contribution >= 0.6 is 0 Å². The third-order valence-electron chi connectivity index (χ3n) is 4.55. The van der Waals surface area contributed by atoms with Crippen molar-refractivity contribution in [3.63, 3.8) is 0 Å². The summed E-state index contributed by atoms with van der Waals surface area (Å²) in [5.41, 5.74) is 0.735. The number of piperidine rings is 1. The Morgan fingerprint density at radius 3 is 2.68 bits per heavy atom. The number of halogens is 3. The normalized spacial score (nSPS) is 17.0. The molecule has 0 spiro atoms. The monoisotopic (exact) mass is 401 g/mol. The predicted octanol–water partition coefficient (Wildman–Crippen LogP) is 2.95. The van der Waals surface area contributed by atoms with Crippen LogP contribution in [0.1, 0.15) is 39.2 Å². The standard InChI is InChI=1S/C19H30F3N5O/c1-4-23-18(26-16-6-9-27(10-7-16)14(2)3)25-12-15-5-8-24-17(11-15)28-13-19(20,21)22/h5,8,11,14,16H,4,6-7,9-10,12-13H2,1-3H3,(H2,23,25,26). The number of pyridine rings is 1. The lowest BCUT2D eigenvalue weighted by Crippen LogP contribution is -2.49. The number of nitrogens with one attached hydrogen (secondary N) is 2. The smallest absolute Gasteiger partial charge is 0.422 e. The minimum absolute atomic E-state index is 0.0518. The number of aliphatic imine (C=N–C) groups is 1. The van der Waals surface area contributed by atoms with Crippen LogP contribution in [0.25, 0.3) is 0 Å². The minimum Gasteiger partial charge on any atom is -0.468 e. The maximum atomic E-state index is 12.3. The van der Waals surface area contributed by atoms with Gasteiger partial charge in [0.15, 0.2) is 12.6 Å². The van der Waals surface area contributed by atoms with Crippen LogP contribution < -0.4 is 15.4 Å². The summed E-state index contributed by atoms with van der Waals surface area (Å²) in [7, 11) is 0. The second-order valence-electron chi connectivity index (χ2n) is 7.15. The van der Waals surface area contributed by atoms with Crippen molar-refractivity contribution in [3.05, 3.63) is 23.9 Å². The molecule has 9 heteroatoms. The highest BCUT2D eigenvalue weighted by Gasteiger charge is 2.28. The van der Waals surface area contributed by atoms with Gasteiger partial charge in [-0.1, -0.05) is 0 Å². The van der Waals surface area contributed by atoms with E-state index in [1.165, 1.54) is 12.3 Å². The van der Waals surface area contributed by atoms with Gasteiger partial charge in [0.1, 0.15) is 0 Å². The zero-order valence-electron chi connectivity index (χ0n) is 16.7. The highest BCUT2D eigenvalue weighted by molar-refractivity contribution is 5.80. The van der Waals surface area contributed by atoms with Gasteiger partial charge >= 0.3 is 6.18 Å². The van der Waals surface area contributed by atoms with E-state index in [1.54, 1.807) is 6.07 Å². The van der Waals surface area contributed by atoms with Crippen LogP contribution in [-0.2, 0) is 6.54 Å². The van der Waals surface area contributed by atoms with E-state index in [-0.39, 0.29) is 5.88 Å². The summed E-state index contributed by atoms with van der Waals surface area (Å²) in [5, 5.41) is 6.69. The molecular formula is C19H30F3N5O. The highest BCUT2D eigenvalue weighted by Crippen LogP contribution is 2.18. The van der Waals surface area contributed by atoms with E-state index in [2.05, 4.69) is 39.4 Å². The van der Waals surface area contributed by atoms with E-state index in [9.17, 15) is 13.2 Å². The molecule has 2 rings (SSSR count). The van der Waals surface area contributed by atoms with Gasteiger partial charge in [-0.05, 0) is 45.2 Å². The topological polar surface area (TPSA) is 61.8 Å². The van der Waals surface area contributed by atoms with Gasteiger partial charge in [0.2, 0.25) is 5.88 Å². The van der Waals surface area contributed by atoms with Crippen molar-refractivity contribution in [1.29, 1.82) is 0 Å². The summed E-state index contributed by atoms with van der Waals surface area (Å²) in [4.78, 5) is 10.8. The summed E-state index contributed by atoms with van der Waals surface area (Å²) < 4.78 is 41.5. The van der Waals surface area contributed by atoms with E-state index < -0.39 is 12.8 Å². The molecule has 1 aromatic heterocycles. The largest absolute Gasteiger partial charge is 0.468 e. The first-order valence-corrected chi connectivity index (χ1v) is 9.70. The molecule has 0 saturated carbocycles. The van der Waals surface area contributed by atoms with Crippen molar-refractivity contribution in [3.8, 4) is 5.88 Å². The molecule has 0 unspecified atom stereocenters. The number of hydrogen-bond acceptors (Lipinski definition) is 4. The van der Waals surface area contributed by atoms with Crippen molar-refractivity contribution < 1.29 is 17.9 Å². The Bertz CT molecular complexity index is 628. The van der Waals surface area contributed by atoms with Crippen LogP contribution in [0.5, 0.6) is 5.88 Å². The van der Waals surface area contributed by atoms with Crippen LogP contribution in [0.2, 0.25) is 0 Å². The van der Waals surface area contributed by atoms with Crippen molar-refractivity contribution in [2.75, 3.05) is 26.2 Å². The maximum Gasteiger partial charge on any atom is 0.422 e. The number of aromatic nitrogens is 1. The van der Waals surface area contributed by atoms with Gasteiger partial charge < -0.3 is 20.3 Å². The molecule has 0 amide bonds. The third-order valence-corrected chi connectivity index (χ3v) is 4.55. The van der Waals surface area contributed by atoms with Gasteiger partial charge in [0.05, 0.1) is 6.54 Å². The number of alkyl halides is 3. The van der Waals surface area contributed by atoms with Gasteiger partial charge in [-0.2, -0.15) is 13.2 Å². The molecular weight excluding hydrogens is 371 g/mol. The van der Waals surface area contributed by atoms with Crippen LogP contribution in [0.3, 0.4) is 0 Å². The van der Waals surface area contributed by atoms with Crippen LogP contribution in [0.15, 0.2) is 23.3 Å². The minimum atomic E-state index is -4.39. The summed E-state index contributed by atoms with van der Waals surface area (Å²) in [6.45, 7) is 8.22. The molecule has 158 valence electrons. The molecule has 28 heavy (non-hydrogen) atoms. The second-order valence-corrected chi connectivity index (χ2v) is 7.15. The average molecular weight is 401 g/mol. The Hall–Kier alpha value is -2.03. The Kier molecular flexibility index (Phi) is 8.35. The van der Waals surface area contributed by atoms with E-state index in [0.717, 1.165) is 38.0 Å². The SMILES string of the molecule is CCNC(=NCc1ccnc(OCC(F)(F)F)c1)NC1CCN(C(C)C)CC1. The molecule has 2 N–H and O–H groups in total. The number of hydrogen-bond donors (Lipinski definition) is 2. The molecule has 0 radical (unpaired) electrons. The van der Waals surface area contributed by atoms with Crippen LogP contribution in [0.4, 0.5) is 13.2 Å². The quantitative estimate of drug-likeness (QED) is 0.543. The fourth-order valence-corrected chi connectivity index (χ4v) is 3.03. The summed E-state index contributed by atoms with van der Waals surface area (Å²) in [5.74, 6) is 0.657. The Balaban J connectivity index is 1.91. The number of ether oxygens (including phenoxy) is 1. The summed E-state index contributed by atoms with van der Waals surface area (Å²) in [6.07, 6.45) is -0.859. The highest BCUT2D eigenvalue weighted by atomic mass is 19.4. The average Bonchev–Trinajstić information content (AvgIpc) is 2.65. The summed E-state index contributed by atoms with van der Waals surface area (Å²) >= 11 is 0. The molecule has 0 atom stereocenters. The van der Waals surface area contributed by atoms with E-state index in [4.69, 9.17) is 4.74 Å². The number of rotatable bonds is 7. The molecule has 0 aromatic carbocycles. The lowest BCUT2D eigenvalue weighted by atomic mass is 10.0. The van der Waals surface area contributed by atoms with Gasteiger partial charge in [-0.15, -0.1) is 0 Å². The van der Waals surface area contributed by atoms with E-state index in [0.29, 0.717) is 24.6 Å². The van der Waals surface area contributed by atoms with Gasteiger partial charge in [-0.3, -0.25) is 0 Å². The molecule has 2 heterocycles. The molecule has 0 aliphatic carbocycles. The molecule has 1 aromatic rings. The molecule has 1 fully saturated rings. The van der Waals surface area contributed by atoms with E-state index >= 15 is 0 Å². The Labute approximate surface area is 164 Å². The molecule has 1 saturated heterocycles. The molecule has 1 aliphatic heterocycles. The first-order valence-electron chi connectivity index (χ1n) is 9.70. The van der Waals surface area contributed by atoms with Gasteiger partial charge in [0, 0.05) is 44.0 Å². The Morgan fingerprint density at radius 1 is 1.36 bits per heavy atom. The third kappa shape index (κ3) is 7.92. The van der Waals surface area contributed by atoms with Gasteiger partial charge in [-0.25, -0.2) is 9.98 Å². The Morgan fingerprint density at radius 2 is 2.07 bits per heavy atom. The first kappa shape index (κ1) is 22.3. The molecule has 1 aliphatic rings. The van der Waals surface area contributed by atoms with Crippen molar-refractivity contribution in [1.82, 2.24) is 20.5 Å². The zero-order valence-corrected chi connectivity index (χ0v) is 16.7. The van der Waals surface area contributed by atoms with Crippen molar-refractivity contribution >= 4 is 5.96 Å². The van der Waals surface area contributed by atoms with Crippen molar-refractivity contribution in [2.24, 2.45) is 4.99 Å². The van der Waals surface area contributed by atoms with Crippen molar-refractivity contribution in [2.45, 2.75) is 58.4 Å². The predicted molar refractivity (Wildman–Crippen MR) is 103 cm³/mol. The number of guanidine groups is 1.